The summed E-state index contributed by atoms with van der Waals surface area (Å²) in [6.45, 7) is 15.0. The number of ether oxygens (including phenoxy) is 1. The lowest BCUT2D eigenvalue weighted by Crippen LogP contribution is -2.61. The van der Waals surface area contributed by atoms with Crippen molar-refractivity contribution in [3.05, 3.63) is 0 Å². The lowest BCUT2D eigenvalue weighted by atomic mass is 9.59. The topological polar surface area (TPSA) is 48.0 Å². The summed E-state index contributed by atoms with van der Waals surface area (Å²) in [5, 5.41) is 0. The van der Waals surface area contributed by atoms with Gasteiger partial charge in [-0.3, -0.25) is 0 Å². The van der Waals surface area contributed by atoms with Gasteiger partial charge < -0.3 is 18.9 Å². The van der Waals surface area contributed by atoms with Crippen molar-refractivity contribution in [2.24, 2.45) is 5.92 Å². The first-order valence-electron chi connectivity index (χ1n) is 9.25. The molecule has 3 atom stereocenters. The third-order valence-electron chi connectivity index (χ3n) is 6.10. The average molecular weight is 337 g/mol. The van der Waals surface area contributed by atoms with E-state index in [1.165, 1.54) is 0 Å². The van der Waals surface area contributed by atoms with Crippen molar-refractivity contribution in [3.63, 3.8) is 0 Å². The Morgan fingerprint density at radius 3 is 2.21 bits per heavy atom. The molecule has 2 aliphatic heterocycles. The first-order valence-corrected chi connectivity index (χ1v) is 9.25. The van der Waals surface area contributed by atoms with Crippen LogP contribution in [0.4, 0.5) is 4.79 Å². The maximum absolute atomic E-state index is 12.3. The predicted octanol–water partition coefficient (Wildman–Crippen LogP) is 3.87. The Hall–Kier alpha value is -0.745. The van der Waals surface area contributed by atoms with Gasteiger partial charge in [-0.25, -0.2) is 4.79 Å². The molecule has 0 bridgehead atoms. The minimum atomic E-state index is -0.429. The number of hydrogen-bond donors (Lipinski definition) is 0. The van der Waals surface area contributed by atoms with Gasteiger partial charge in [0.15, 0.2) is 0 Å². The molecule has 2 saturated heterocycles. The second kappa shape index (κ2) is 5.63. The Morgan fingerprint density at radius 1 is 1.12 bits per heavy atom. The molecule has 2 heterocycles. The largest absolute Gasteiger partial charge is 0.461 e. The molecule has 6 heteroatoms. The van der Waals surface area contributed by atoms with Crippen LogP contribution >= 0.6 is 0 Å². The lowest BCUT2D eigenvalue weighted by Gasteiger charge is -2.52. The Kier molecular flexibility index (Phi) is 4.24. The van der Waals surface area contributed by atoms with Crippen LogP contribution in [0.2, 0.25) is 5.82 Å². The van der Waals surface area contributed by atoms with Gasteiger partial charge in [0.2, 0.25) is 0 Å². The monoisotopic (exact) mass is 337 g/mol. The zero-order valence-corrected chi connectivity index (χ0v) is 16.2. The Labute approximate surface area is 146 Å². The van der Waals surface area contributed by atoms with Crippen molar-refractivity contribution in [3.8, 4) is 0 Å². The van der Waals surface area contributed by atoms with Gasteiger partial charge in [-0.05, 0) is 73.0 Å². The van der Waals surface area contributed by atoms with Crippen LogP contribution in [0.25, 0.3) is 0 Å². The molecule has 0 radical (unpaired) electrons. The van der Waals surface area contributed by atoms with Gasteiger partial charge in [-0.1, -0.05) is 6.42 Å². The van der Waals surface area contributed by atoms with E-state index in [0.29, 0.717) is 17.8 Å². The smallest absolute Gasteiger partial charge is 0.444 e. The van der Waals surface area contributed by atoms with Crippen molar-refractivity contribution in [2.45, 2.75) is 96.4 Å². The summed E-state index contributed by atoms with van der Waals surface area (Å²) in [5.74, 6) is 0.975. The standard InChI is InChI=1S/C18H32BNO4/c1-16(2,3)22-15(21)20-11-12-10-13(8-9-14(12)20)19-23-17(4,5)18(6,7)24-19/h12-14H,8-11H2,1-7H3. The van der Waals surface area contributed by atoms with Gasteiger partial charge in [-0.15, -0.1) is 0 Å². The van der Waals surface area contributed by atoms with Crippen LogP contribution in [0.1, 0.15) is 67.7 Å². The van der Waals surface area contributed by atoms with Crippen LogP contribution in [0.15, 0.2) is 0 Å². The number of nitrogens with zero attached hydrogens (tertiary/aromatic N) is 1. The highest BCUT2D eigenvalue weighted by molar-refractivity contribution is 6.47. The summed E-state index contributed by atoms with van der Waals surface area (Å²) in [6.07, 6.45) is 2.95. The van der Waals surface area contributed by atoms with Crippen molar-refractivity contribution in [1.82, 2.24) is 4.90 Å². The van der Waals surface area contributed by atoms with E-state index >= 15 is 0 Å². The molecule has 1 aliphatic carbocycles. The summed E-state index contributed by atoms with van der Waals surface area (Å²) in [6, 6.07) is 0.332. The normalized spacial score (nSPS) is 34.5. The summed E-state index contributed by atoms with van der Waals surface area (Å²) < 4.78 is 18.0. The van der Waals surface area contributed by atoms with E-state index in [0.717, 1.165) is 25.8 Å². The number of hydrogen-bond acceptors (Lipinski definition) is 4. The van der Waals surface area contributed by atoms with E-state index in [-0.39, 0.29) is 24.4 Å². The summed E-state index contributed by atoms with van der Waals surface area (Å²) >= 11 is 0. The van der Waals surface area contributed by atoms with Crippen molar-refractivity contribution < 1.29 is 18.8 Å². The first-order chi connectivity index (χ1) is 10.9. The first kappa shape index (κ1) is 18.1. The van der Waals surface area contributed by atoms with Crippen LogP contribution in [0, 0.1) is 5.92 Å². The number of fused-ring (bicyclic) bond motifs is 1. The van der Waals surface area contributed by atoms with Crippen LogP contribution in [-0.4, -0.2) is 47.5 Å². The fourth-order valence-corrected chi connectivity index (χ4v) is 4.00. The third kappa shape index (κ3) is 3.19. The SMILES string of the molecule is CC(C)(C)OC(=O)N1CC2CC(B3OC(C)(C)C(C)(C)O3)CCC21. The van der Waals surface area contributed by atoms with Crippen molar-refractivity contribution in [1.29, 1.82) is 0 Å². The summed E-state index contributed by atoms with van der Waals surface area (Å²) in [4.78, 5) is 14.2. The molecule has 3 unspecified atom stereocenters. The molecule has 5 nitrogen and oxygen atoms in total. The minimum Gasteiger partial charge on any atom is -0.444 e. The quantitative estimate of drug-likeness (QED) is 0.682. The molecule has 0 spiro atoms. The molecule has 3 rings (SSSR count). The highest BCUT2D eigenvalue weighted by Crippen LogP contribution is 2.48. The highest BCUT2D eigenvalue weighted by Gasteiger charge is 2.56. The molecule has 0 aromatic heterocycles. The zero-order chi connectivity index (χ0) is 17.9. The van der Waals surface area contributed by atoms with E-state index in [9.17, 15) is 4.79 Å². The molecule has 0 N–H and O–H groups in total. The van der Waals surface area contributed by atoms with Gasteiger partial charge in [0, 0.05) is 12.6 Å². The molecule has 1 saturated carbocycles. The van der Waals surface area contributed by atoms with Crippen LogP contribution in [0.5, 0.6) is 0 Å². The van der Waals surface area contributed by atoms with Crippen LogP contribution in [-0.2, 0) is 14.0 Å². The number of amides is 1. The van der Waals surface area contributed by atoms with Crippen molar-refractivity contribution in [2.75, 3.05) is 6.54 Å². The number of rotatable bonds is 1. The van der Waals surface area contributed by atoms with Crippen LogP contribution < -0.4 is 0 Å². The predicted molar refractivity (Wildman–Crippen MR) is 93.9 cm³/mol. The Morgan fingerprint density at radius 2 is 1.71 bits per heavy atom. The molecule has 1 amide bonds. The number of carbonyl (C=O) groups excluding carboxylic acids is 1. The number of carbonyl (C=O) groups is 1. The van der Waals surface area contributed by atoms with Gasteiger partial charge >= 0.3 is 13.2 Å². The Balaban J connectivity index is 1.55. The van der Waals surface area contributed by atoms with E-state index in [1.807, 2.05) is 25.7 Å². The Bertz CT molecular complexity index is 498. The molecular weight excluding hydrogens is 305 g/mol. The second-order valence-electron chi connectivity index (χ2n) is 9.66. The number of likely N-dealkylation sites (tertiary alicyclic amines) is 1. The van der Waals surface area contributed by atoms with Gasteiger partial charge in [0.1, 0.15) is 5.60 Å². The van der Waals surface area contributed by atoms with Gasteiger partial charge in [-0.2, -0.15) is 0 Å². The highest BCUT2D eigenvalue weighted by atomic mass is 16.7. The summed E-state index contributed by atoms with van der Waals surface area (Å²) in [5.41, 5.74) is -0.963. The molecule has 0 aromatic rings. The minimum absolute atomic E-state index is 0.119. The van der Waals surface area contributed by atoms with Crippen LogP contribution in [0.3, 0.4) is 0 Å². The molecule has 3 fully saturated rings. The molecule has 136 valence electrons. The third-order valence-corrected chi connectivity index (χ3v) is 6.10. The fourth-order valence-electron chi connectivity index (χ4n) is 4.00. The van der Waals surface area contributed by atoms with Gasteiger partial charge in [0.25, 0.3) is 0 Å². The van der Waals surface area contributed by atoms with Crippen molar-refractivity contribution >= 4 is 13.2 Å². The summed E-state index contributed by atoms with van der Waals surface area (Å²) in [7, 11) is -0.119. The van der Waals surface area contributed by atoms with E-state index in [2.05, 4.69) is 27.7 Å². The maximum atomic E-state index is 12.3. The lowest BCUT2D eigenvalue weighted by molar-refractivity contribution is -0.0442. The van der Waals surface area contributed by atoms with E-state index in [4.69, 9.17) is 14.0 Å². The molecule has 0 aromatic carbocycles. The molecule has 3 aliphatic rings. The van der Waals surface area contributed by atoms with E-state index in [1.54, 1.807) is 0 Å². The molecular formula is C18H32BNO4. The van der Waals surface area contributed by atoms with Gasteiger partial charge in [0.05, 0.1) is 11.2 Å². The molecule has 24 heavy (non-hydrogen) atoms. The average Bonchev–Trinajstić information content (AvgIpc) is 2.57. The zero-order valence-electron chi connectivity index (χ0n) is 16.2. The fraction of sp³-hybridized carbons (Fsp3) is 0.944. The second-order valence-corrected chi connectivity index (χ2v) is 9.66. The maximum Gasteiger partial charge on any atom is 0.461 e. The van der Waals surface area contributed by atoms with E-state index < -0.39 is 5.60 Å².